The Morgan fingerprint density at radius 3 is 2.55 bits per heavy atom. The molecule has 2 aromatic carbocycles. The highest BCUT2D eigenvalue weighted by Gasteiger charge is 2.32. The second-order valence-electron chi connectivity index (χ2n) is 8.28. The predicted octanol–water partition coefficient (Wildman–Crippen LogP) is 2.28. The largest absolute Gasteiger partial charge is 0.437 e. The SMILES string of the molecule is COCCNC(=O)c1nn(-c2ccccc2)c(Oc2ccc([N+](=O)[O-])cc2S(=O)(=O)N2CCOCC2)c1C. The number of nitrogens with one attached hydrogen (secondary N) is 1. The van der Waals surface area contributed by atoms with E-state index in [1.807, 2.05) is 6.07 Å². The third kappa shape index (κ3) is 5.67. The zero-order chi connectivity index (χ0) is 27.3. The number of methoxy groups -OCH3 is 1. The highest BCUT2D eigenvalue weighted by molar-refractivity contribution is 7.89. The molecule has 0 spiro atoms. The summed E-state index contributed by atoms with van der Waals surface area (Å²) in [6, 6.07) is 12.2. The first-order valence-electron chi connectivity index (χ1n) is 11.7. The van der Waals surface area contributed by atoms with Crippen LogP contribution < -0.4 is 10.1 Å². The molecule has 13 nitrogen and oxygen atoms in total. The van der Waals surface area contributed by atoms with Crippen LogP contribution in [0.4, 0.5) is 5.69 Å². The number of nitro benzene ring substituents is 1. The Hall–Kier alpha value is -3.85. The molecule has 14 heteroatoms. The van der Waals surface area contributed by atoms with E-state index in [2.05, 4.69) is 10.4 Å². The van der Waals surface area contributed by atoms with Crippen molar-refractivity contribution in [3.05, 3.63) is 69.9 Å². The Morgan fingerprint density at radius 1 is 1.18 bits per heavy atom. The second-order valence-corrected chi connectivity index (χ2v) is 10.2. The van der Waals surface area contributed by atoms with Crippen molar-refractivity contribution in [1.29, 1.82) is 0 Å². The van der Waals surface area contributed by atoms with Gasteiger partial charge in [-0.2, -0.15) is 14.1 Å². The maximum Gasteiger partial charge on any atom is 0.272 e. The highest BCUT2D eigenvalue weighted by Crippen LogP contribution is 2.37. The Kier molecular flexibility index (Phi) is 8.36. The quantitative estimate of drug-likeness (QED) is 0.229. The molecule has 4 rings (SSSR count). The van der Waals surface area contributed by atoms with Gasteiger partial charge in [0.1, 0.15) is 10.6 Å². The van der Waals surface area contributed by atoms with Crippen molar-refractivity contribution >= 4 is 21.6 Å². The number of nitrogens with zero attached hydrogens (tertiary/aromatic N) is 4. The number of benzene rings is 2. The van der Waals surface area contributed by atoms with E-state index in [1.165, 1.54) is 22.2 Å². The Balaban J connectivity index is 1.82. The number of carbonyl (C=O) groups excluding carboxylic acids is 1. The topological polar surface area (TPSA) is 155 Å². The summed E-state index contributed by atoms with van der Waals surface area (Å²) in [6.07, 6.45) is 0. The second kappa shape index (κ2) is 11.7. The molecule has 0 aliphatic carbocycles. The number of morpholine rings is 1. The lowest BCUT2D eigenvalue weighted by molar-refractivity contribution is -0.385. The lowest BCUT2D eigenvalue weighted by atomic mass is 10.2. The highest BCUT2D eigenvalue weighted by atomic mass is 32.2. The van der Waals surface area contributed by atoms with Gasteiger partial charge in [-0.25, -0.2) is 8.42 Å². The van der Waals surface area contributed by atoms with Crippen molar-refractivity contribution in [2.24, 2.45) is 0 Å². The minimum absolute atomic E-state index is 0.0689. The summed E-state index contributed by atoms with van der Waals surface area (Å²) >= 11 is 0. The van der Waals surface area contributed by atoms with E-state index < -0.39 is 26.5 Å². The van der Waals surface area contributed by atoms with E-state index in [0.717, 1.165) is 12.1 Å². The van der Waals surface area contributed by atoms with Crippen molar-refractivity contribution in [3.63, 3.8) is 0 Å². The van der Waals surface area contributed by atoms with Gasteiger partial charge in [0.2, 0.25) is 15.9 Å². The maximum absolute atomic E-state index is 13.5. The number of rotatable bonds is 10. The van der Waals surface area contributed by atoms with E-state index in [1.54, 1.807) is 31.2 Å². The molecular weight excluding hydrogens is 518 g/mol. The average molecular weight is 546 g/mol. The van der Waals surface area contributed by atoms with Crippen LogP contribution in [-0.4, -0.2) is 79.9 Å². The summed E-state index contributed by atoms with van der Waals surface area (Å²) in [5.74, 6) is -0.530. The predicted molar refractivity (Wildman–Crippen MR) is 135 cm³/mol. The number of amides is 1. The van der Waals surface area contributed by atoms with Gasteiger partial charge in [-0.1, -0.05) is 18.2 Å². The molecular formula is C24H27N5O8S. The fourth-order valence-corrected chi connectivity index (χ4v) is 5.38. The molecule has 1 saturated heterocycles. The fraction of sp³-hybridized carbons (Fsp3) is 0.333. The zero-order valence-electron chi connectivity index (χ0n) is 20.8. The van der Waals surface area contributed by atoms with Gasteiger partial charge in [-0.3, -0.25) is 14.9 Å². The van der Waals surface area contributed by atoms with E-state index in [9.17, 15) is 23.3 Å². The molecule has 0 atom stereocenters. The average Bonchev–Trinajstić information content (AvgIpc) is 3.25. The van der Waals surface area contributed by atoms with Gasteiger partial charge in [-0.15, -0.1) is 0 Å². The molecule has 0 bridgehead atoms. The normalized spacial score (nSPS) is 14.3. The number of para-hydroxylation sites is 1. The van der Waals surface area contributed by atoms with E-state index >= 15 is 0 Å². The lowest BCUT2D eigenvalue weighted by Gasteiger charge is -2.26. The van der Waals surface area contributed by atoms with Crippen LogP contribution in [0.25, 0.3) is 5.69 Å². The molecule has 1 aliphatic heterocycles. The number of carbonyl (C=O) groups is 1. The Morgan fingerprint density at radius 2 is 1.89 bits per heavy atom. The lowest BCUT2D eigenvalue weighted by Crippen LogP contribution is -2.40. The minimum atomic E-state index is -4.18. The van der Waals surface area contributed by atoms with Crippen LogP contribution >= 0.6 is 0 Å². The fourth-order valence-electron chi connectivity index (χ4n) is 3.84. The first-order valence-corrected chi connectivity index (χ1v) is 13.1. The number of hydrogen-bond acceptors (Lipinski definition) is 9. The number of non-ortho nitro benzene ring substituents is 1. The van der Waals surface area contributed by atoms with Gasteiger partial charge in [0.15, 0.2) is 5.69 Å². The molecule has 1 aliphatic rings. The third-order valence-corrected chi connectivity index (χ3v) is 7.73. The van der Waals surface area contributed by atoms with Crippen molar-refractivity contribution in [1.82, 2.24) is 19.4 Å². The minimum Gasteiger partial charge on any atom is -0.437 e. The van der Waals surface area contributed by atoms with Crippen LogP contribution in [0.5, 0.6) is 11.6 Å². The first-order chi connectivity index (χ1) is 18.2. The summed E-state index contributed by atoms with van der Waals surface area (Å²) in [5.41, 5.74) is 0.563. The molecule has 38 heavy (non-hydrogen) atoms. The van der Waals surface area contributed by atoms with Gasteiger partial charge in [0.25, 0.3) is 11.6 Å². The molecule has 0 saturated carbocycles. The first kappa shape index (κ1) is 27.2. The molecule has 1 amide bonds. The monoisotopic (exact) mass is 545 g/mol. The summed E-state index contributed by atoms with van der Waals surface area (Å²) in [6.45, 7) is 2.77. The van der Waals surface area contributed by atoms with Crippen molar-refractivity contribution in [3.8, 4) is 17.3 Å². The van der Waals surface area contributed by atoms with Crippen molar-refractivity contribution in [2.45, 2.75) is 11.8 Å². The standard InChI is InChI=1S/C24H27N5O8S/c1-17-22(23(30)25-10-13-35-2)26-28(18-6-4-3-5-7-18)24(17)37-20-9-8-19(29(31)32)16-21(20)38(33,34)27-11-14-36-15-12-27/h3-9,16H,10-15H2,1-2H3,(H,25,30). The van der Waals surface area contributed by atoms with Crippen LogP contribution in [0, 0.1) is 17.0 Å². The molecule has 0 radical (unpaired) electrons. The summed E-state index contributed by atoms with van der Waals surface area (Å²) < 4.78 is 46.0. The van der Waals surface area contributed by atoms with Crippen LogP contribution in [0.3, 0.4) is 0 Å². The Bertz CT molecular complexity index is 1420. The van der Waals surface area contributed by atoms with Gasteiger partial charge in [0.05, 0.1) is 30.4 Å². The third-order valence-electron chi connectivity index (χ3n) is 5.81. The van der Waals surface area contributed by atoms with Crippen molar-refractivity contribution in [2.75, 3.05) is 46.6 Å². The summed E-state index contributed by atoms with van der Waals surface area (Å²) in [5, 5.41) is 18.6. The number of nitro groups is 1. The molecule has 1 aromatic heterocycles. The smallest absolute Gasteiger partial charge is 0.272 e. The van der Waals surface area contributed by atoms with Gasteiger partial charge >= 0.3 is 0 Å². The number of sulfonamides is 1. The van der Waals surface area contributed by atoms with Gasteiger partial charge in [-0.05, 0) is 25.1 Å². The molecule has 1 N–H and O–H groups in total. The van der Waals surface area contributed by atoms with E-state index in [0.29, 0.717) is 17.9 Å². The molecule has 2 heterocycles. The summed E-state index contributed by atoms with van der Waals surface area (Å²) in [7, 11) is -2.67. The number of hydrogen-bond donors (Lipinski definition) is 1. The van der Waals surface area contributed by atoms with Crippen LogP contribution in [0.15, 0.2) is 53.4 Å². The van der Waals surface area contributed by atoms with Gasteiger partial charge < -0.3 is 19.5 Å². The number of ether oxygens (including phenoxy) is 3. The molecule has 202 valence electrons. The molecule has 3 aromatic rings. The van der Waals surface area contributed by atoms with E-state index in [-0.39, 0.29) is 55.1 Å². The molecule has 1 fully saturated rings. The molecule has 0 unspecified atom stereocenters. The van der Waals surface area contributed by atoms with E-state index in [4.69, 9.17) is 14.2 Å². The van der Waals surface area contributed by atoms with Gasteiger partial charge in [0, 0.05) is 44.4 Å². The summed E-state index contributed by atoms with van der Waals surface area (Å²) in [4.78, 5) is 23.3. The number of aromatic nitrogens is 2. The Labute approximate surface area is 219 Å². The van der Waals surface area contributed by atoms with Crippen molar-refractivity contribution < 1.29 is 32.3 Å². The maximum atomic E-state index is 13.5. The zero-order valence-corrected chi connectivity index (χ0v) is 21.6. The van der Waals surface area contributed by atoms with Crippen LogP contribution in [0.1, 0.15) is 16.1 Å². The van der Waals surface area contributed by atoms with Crippen LogP contribution in [-0.2, 0) is 19.5 Å². The van der Waals surface area contributed by atoms with Crippen LogP contribution in [0.2, 0.25) is 0 Å².